The zero-order valence-corrected chi connectivity index (χ0v) is 17.6. The van der Waals surface area contributed by atoms with E-state index in [1.807, 2.05) is 25.1 Å². The number of sulfonamides is 1. The zero-order chi connectivity index (χ0) is 20.4. The van der Waals surface area contributed by atoms with Crippen molar-refractivity contribution in [1.82, 2.24) is 14.3 Å². The van der Waals surface area contributed by atoms with Gasteiger partial charge in [-0.25, -0.2) is 13.4 Å². The molecule has 4 rings (SSSR count). The standard InChI is InChI=1S/C20H22N4O3S2/c1-14-4-9-17-18(12-14)23-20(22-17)28-13-19(25)21-15-5-7-16(8-6-15)29(26,27)24-10-2-3-11-24/h4-9,12H,2-3,10-11,13H2,1H3,(H,21,25)(H,22,23). The first kappa shape index (κ1) is 19.9. The maximum Gasteiger partial charge on any atom is 0.243 e. The van der Waals surface area contributed by atoms with Crippen LogP contribution in [0.1, 0.15) is 18.4 Å². The minimum absolute atomic E-state index is 0.179. The Hall–Kier alpha value is -2.36. The number of carbonyl (C=O) groups is 1. The highest BCUT2D eigenvalue weighted by molar-refractivity contribution is 7.99. The molecule has 0 radical (unpaired) electrons. The van der Waals surface area contributed by atoms with Crippen molar-refractivity contribution in [2.75, 3.05) is 24.2 Å². The van der Waals surface area contributed by atoms with E-state index < -0.39 is 10.0 Å². The Labute approximate surface area is 174 Å². The number of thioether (sulfide) groups is 1. The number of rotatable bonds is 6. The van der Waals surface area contributed by atoms with Gasteiger partial charge in [-0.05, 0) is 61.7 Å². The predicted molar refractivity (Wildman–Crippen MR) is 115 cm³/mol. The molecule has 9 heteroatoms. The minimum Gasteiger partial charge on any atom is -0.333 e. The fourth-order valence-electron chi connectivity index (χ4n) is 3.29. The van der Waals surface area contributed by atoms with E-state index in [-0.39, 0.29) is 16.6 Å². The van der Waals surface area contributed by atoms with Gasteiger partial charge in [-0.2, -0.15) is 4.31 Å². The molecule has 1 aliphatic heterocycles. The molecular weight excluding hydrogens is 408 g/mol. The number of anilines is 1. The van der Waals surface area contributed by atoms with Gasteiger partial charge >= 0.3 is 0 Å². The van der Waals surface area contributed by atoms with Crippen molar-refractivity contribution in [1.29, 1.82) is 0 Å². The number of H-pyrrole nitrogens is 1. The van der Waals surface area contributed by atoms with Crippen molar-refractivity contribution in [3.63, 3.8) is 0 Å². The molecule has 0 spiro atoms. The summed E-state index contributed by atoms with van der Waals surface area (Å²) >= 11 is 1.32. The Morgan fingerprint density at radius 3 is 2.62 bits per heavy atom. The summed E-state index contributed by atoms with van der Waals surface area (Å²) in [6, 6.07) is 12.3. The van der Waals surface area contributed by atoms with Crippen molar-refractivity contribution in [3.05, 3.63) is 48.0 Å². The number of nitrogens with one attached hydrogen (secondary N) is 2. The number of aromatic nitrogens is 2. The van der Waals surface area contributed by atoms with Crippen molar-refractivity contribution in [2.45, 2.75) is 29.8 Å². The fraction of sp³-hybridized carbons (Fsp3) is 0.300. The molecule has 1 saturated heterocycles. The quantitative estimate of drug-likeness (QED) is 0.585. The Morgan fingerprint density at radius 1 is 1.17 bits per heavy atom. The lowest BCUT2D eigenvalue weighted by molar-refractivity contribution is -0.113. The van der Waals surface area contributed by atoms with Crippen molar-refractivity contribution in [3.8, 4) is 0 Å². The van der Waals surface area contributed by atoms with Gasteiger partial charge in [0.15, 0.2) is 5.16 Å². The summed E-state index contributed by atoms with van der Waals surface area (Å²) in [6.45, 7) is 3.15. The molecule has 2 heterocycles. The van der Waals surface area contributed by atoms with Crippen molar-refractivity contribution < 1.29 is 13.2 Å². The van der Waals surface area contributed by atoms with Crippen LogP contribution >= 0.6 is 11.8 Å². The third-order valence-electron chi connectivity index (χ3n) is 4.80. The molecule has 0 aliphatic carbocycles. The summed E-state index contributed by atoms with van der Waals surface area (Å²) in [4.78, 5) is 20.2. The van der Waals surface area contributed by atoms with Gasteiger partial charge < -0.3 is 10.3 Å². The fourth-order valence-corrected chi connectivity index (χ4v) is 5.49. The van der Waals surface area contributed by atoms with Crippen LogP contribution in [-0.4, -0.2) is 47.4 Å². The normalized spacial score (nSPS) is 15.1. The van der Waals surface area contributed by atoms with Gasteiger partial charge in [-0.1, -0.05) is 17.8 Å². The van der Waals surface area contributed by atoms with Crippen LogP contribution in [0.15, 0.2) is 52.5 Å². The van der Waals surface area contributed by atoms with Gasteiger partial charge in [-0.3, -0.25) is 4.79 Å². The third-order valence-corrected chi connectivity index (χ3v) is 7.58. The summed E-state index contributed by atoms with van der Waals surface area (Å²) < 4.78 is 26.6. The average Bonchev–Trinajstić information content (AvgIpc) is 3.36. The van der Waals surface area contributed by atoms with Gasteiger partial charge in [0.25, 0.3) is 0 Å². The van der Waals surface area contributed by atoms with E-state index >= 15 is 0 Å². The summed E-state index contributed by atoms with van der Waals surface area (Å²) in [6.07, 6.45) is 1.80. The molecule has 1 aliphatic rings. The highest BCUT2D eigenvalue weighted by Crippen LogP contribution is 2.23. The summed E-state index contributed by atoms with van der Waals surface area (Å²) in [5.74, 6) is 0.0221. The molecule has 1 aromatic heterocycles. The maximum absolute atomic E-state index is 12.5. The first-order valence-electron chi connectivity index (χ1n) is 9.41. The van der Waals surface area contributed by atoms with E-state index in [1.54, 1.807) is 12.1 Å². The van der Waals surface area contributed by atoms with Gasteiger partial charge in [0, 0.05) is 18.8 Å². The Balaban J connectivity index is 1.35. The third kappa shape index (κ3) is 4.47. The minimum atomic E-state index is -3.44. The predicted octanol–water partition coefficient (Wildman–Crippen LogP) is 3.39. The number of nitrogens with zero attached hydrogens (tertiary/aromatic N) is 2. The molecule has 2 N–H and O–H groups in total. The molecular formula is C20H22N4O3S2. The number of hydrogen-bond donors (Lipinski definition) is 2. The number of carbonyl (C=O) groups excluding carboxylic acids is 1. The van der Waals surface area contributed by atoms with Gasteiger partial charge in [0.2, 0.25) is 15.9 Å². The molecule has 0 atom stereocenters. The molecule has 3 aromatic rings. The van der Waals surface area contributed by atoms with E-state index in [4.69, 9.17) is 0 Å². The van der Waals surface area contributed by atoms with E-state index in [2.05, 4.69) is 15.3 Å². The number of amides is 1. The van der Waals surface area contributed by atoms with Crippen LogP contribution in [0.3, 0.4) is 0 Å². The molecule has 1 amide bonds. The first-order valence-corrected chi connectivity index (χ1v) is 11.8. The Bertz CT molecular complexity index is 1130. The number of aryl methyl sites for hydroxylation is 1. The largest absolute Gasteiger partial charge is 0.333 e. The molecule has 2 aromatic carbocycles. The molecule has 0 bridgehead atoms. The summed E-state index contributed by atoms with van der Waals surface area (Å²) in [5.41, 5.74) is 3.53. The van der Waals surface area contributed by atoms with Gasteiger partial charge in [0.05, 0.1) is 21.7 Å². The van der Waals surface area contributed by atoms with Gasteiger partial charge in [0.1, 0.15) is 0 Å². The second-order valence-corrected chi connectivity index (χ2v) is 9.94. The number of imidazole rings is 1. The number of hydrogen-bond acceptors (Lipinski definition) is 5. The first-order chi connectivity index (χ1) is 13.9. The van der Waals surface area contributed by atoms with Crippen LogP contribution in [-0.2, 0) is 14.8 Å². The van der Waals surface area contributed by atoms with Crippen LogP contribution in [0.2, 0.25) is 0 Å². The van der Waals surface area contributed by atoms with Crippen molar-refractivity contribution >= 4 is 44.4 Å². The summed E-state index contributed by atoms with van der Waals surface area (Å²) in [5, 5.41) is 3.48. The lowest BCUT2D eigenvalue weighted by Gasteiger charge is -2.15. The lowest BCUT2D eigenvalue weighted by Crippen LogP contribution is -2.27. The SMILES string of the molecule is Cc1ccc2nc(SCC(=O)Nc3ccc(S(=O)(=O)N4CCCC4)cc3)[nH]c2c1. The molecule has 1 fully saturated rings. The average molecular weight is 431 g/mol. The Kier molecular flexibility index (Phi) is 5.62. The number of aromatic amines is 1. The summed E-state index contributed by atoms with van der Waals surface area (Å²) in [7, 11) is -3.44. The Morgan fingerprint density at radius 2 is 1.90 bits per heavy atom. The van der Waals surface area contributed by atoms with Crippen molar-refractivity contribution in [2.24, 2.45) is 0 Å². The second-order valence-electron chi connectivity index (χ2n) is 7.03. The van der Waals surface area contributed by atoms with Crippen LogP contribution in [0, 0.1) is 6.92 Å². The lowest BCUT2D eigenvalue weighted by atomic mass is 10.2. The van der Waals surface area contributed by atoms with Crippen LogP contribution in [0.25, 0.3) is 11.0 Å². The molecule has 152 valence electrons. The molecule has 0 unspecified atom stereocenters. The van der Waals surface area contributed by atoms with Crippen LogP contribution in [0.4, 0.5) is 5.69 Å². The van der Waals surface area contributed by atoms with Gasteiger partial charge in [-0.15, -0.1) is 0 Å². The van der Waals surface area contributed by atoms with E-state index in [0.29, 0.717) is 23.9 Å². The van der Waals surface area contributed by atoms with Crippen LogP contribution < -0.4 is 5.32 Å². The van der Waals surface area contributed by atoms with Crippen LogP contribution in [0.5, 0.6) is 0 Å². The molecule has 29 heavy (non-hydrogen) atoms. The highest BCUT2D eigenvalue weighted by Gasteiger charge is 2.26. The molecule has 7 nitrogen and oxygen atoms in total. The zero-order valence-electron chi connectivity index (χ0n) is 16.0. The topological polar surface area (TPSA) is 95.2 Å². The van der Waals surface area contributed by atoms with E-state index in [0.717, 1.165) is 29.4 Å². The smallest absolute Gasteiger partial charge is 0.243 e. The number of benzene rings is 2. The molecule has 0 saturated carbocycles. The number of fused-ring (bicyclic) bond motifs is 1. The maximum atomic E-state index is 12.5. The monoisotopic (exact) mass is 430 g/mol. The van der Waals surface area contributed by atoms with E-state index in [1.165, 1.54) is 28.2 Å². The second kappa shape index (κ2) is 8.17. The van der Waals surface area contributed by atoms with E-state index in [9.17, 15) is 13.2 Å². The highest BCUT2D eigenvalue weighted by atomic mass is 32.2.